The van der Waals surface area contributed by atoms with E-state index in [4.69, 9.17) is 0 Å². The molecule has 0 aromatic carbocycles. The van der Waals surface area contributed by atoms with Gasteiger partial charge < -0.3 is 10.6 Å². The van der Waals surface area contributed by atoms with Crippen LogP contribution in [0.3, 0.4) is 0 Å². The van der Waals surface area contributed by atoms with Crippen molar-refractivity contribution in [1.29, 1.82) is 0 Å². The van der Waals surface area contributed by atoms with Gasteiger partial charge in [0.05, 0.1) is 0 Å². The second-order valence-electron chi connectivity index (χ2n) is 6.62. The second kappa shape index (κ2) is 6.87. The van der Waals surface area contributed by atoms with Crippen LogP contribution < -0.4 is 16.0 Å². The summed E-state index contributed by atoms with van der Waals surface area (Å²) in [5, 5.41) is 8.51. The van der Waals surface area contributed by atoms with E-state index in [0.29, 0.717) is 11.3 Å². The van der Waals surface area contributed by atoms with E-state index in [1.807, 2.05) is 20.8 Å². The molecule has 2 amide bonds. The molecule has 3 rings (SSSR count). The minimum atomic E-state index is -0.667. The average Bonchev–Trinajstić information content (AvgIpc) is 2.55. The first-order chi connectivity index (χ1) is 12.3. The number of carbonyl (C=O) groups excluding carboxylic acids is 1. The van der Waals surface area contributed by atoms with Crippen LogP contribution >= 0.6 is 0 Å². The molecule has 3 heterocycles. The topological polar surface area (TPSA) is 105 Å². The van der Waals surface area contributed by atoms with E-state index in [1.165, 1.54) is 12.3 Å². The Hall–Kier alpha value is -3.36. The Balaban J connectivity index is 1.86. The van der Waals surface area contributed by atoms with Crippen LogP contribution in [0.15, 0.2) is 36.8 Å². The molecule has 0 atom stereocenters. The quantitative estimate of drug-likeness (QED) is 0.666. The first-order valence-electron chi connectivity index (χ1n) is 7.90. The number of rotatable bonds is 3. The average molecular weight is 355 g/mol. The summed E-state index contributed by atoms with van der Waals surface area (Å²) < 4.78 is 14.2. The zero-order chi connectivity index (χ0) is 18.7. The van der Waals surface area contributed by atoms with Crippen molar-refractivity contribution in [3.8, 4) is 0 Å². The molecule has 0 saturated heterocycles. The highest BCUT2D eigenvalue weighted by atomic mass is 19.1. The Kier molecular flexibility index (Phi) is 4.61. The zero-order valence-corrected chi connectivity index (χ0v) is 14.5. The number of carbonyl (C=O) groups is 1. The largest absolute Gasteiger partial charge is 0.333 e. The van der Waals surface area contributed by atoms with E-state index in [0.717, 1.165) is 5.69 Å². The lowest BCUT2D eigenvalue weighted by Gasteiger charge is -2.20. The van der Waals surface area contributed by atoms with Gasteiger partial charge in [0.25, 0.3) is 0 Å². The molecular weight excluding hydrogens is 337 g/mol. The predicted octanol–water partition coefficient (Wildman–Crippen LogP) is 3.22. The SMILES string of the molecule is CC(C)(C)NC(=O)Nc1nc2nc(Nc3ccncc3)ncc2cc1F. The third-order valence-corrected chi connectivity index (χ3v) is 3.18. The van der Waals surface area contributed by atoms with Gasteiger partial charge in [-0.1, -0.05) is 0 Å². The number of aromatic nitrogens is 4. The maximum atomic E-state index is 14.2. The van der Waals surface area contributed by atoms with Crippen LogP contribution in [0.5, 0.6) is 0 Å². The van der Waals surface area contributed by atoms with E-state index in [2.05, 4.69) is 35.9 Å². The molecule has 0 spiro atoms. The van der Waals surface area contributed by atoms with E-state index >= 15 is 0 Å². The van der Waals surface area contributed by atoms with Crippen molar-refractivity contribution in [2.45, 2.75) is 26.3 Å². The molecule has 3 N–H and O–H groups in total. The summed E-state index contributed by atoms with van der Waals surface area (Å²) in [6.07, 6.45) is 4.72. The molecule has 0 fully saturated rings. The van der Waals surface area contributed by atoms with Crippen molar-refractivity contribution in [2.75, 3.05) is 10.6 Å². The van der Waals surface area contributed by atoms with E-state index in [9.17, 15) is 9.18 Å². The zero-order valence-electron chi connectivity index (χ0n) is 14.5. The van der Waals surface area contributed by atoms with Crippen LogP contribution in [0.4, 0.5) is 26.6 Å². The molecule has 0 unspecified atom stereocenters. The number of fused-ring (bicyclic) bond motifs is 1. The Morgan fingerprint density at radius 3 is 2.58 bits per heavy atom. The third-order valence-electron chi connectivity index (χ3n) is 3.18. The maximum absolute atomic E-state index is 14.2. The van der Waals surface area contributed by atoms with Gasteiger partial charge in [-0.3, -0.25) is 10.3 Å². The number of nitrogens with zero attached hydrogens (tertiary/aromatic N) is 4. The molecule has 134 valence electrons. The molecule has 0 radical (unpaired) electrons. The van der Waals surface area contributed by atoms with E-state index < -0.39 is 17.4 Å². The van der Waals surface area contributed by atoms with Crippen molar-refractivity contribution < 1.29 is 9.18 Å². The van der Waals surface area contributed by atoms with Gasteiger partial charge in [0.15, 0.2) is 17.3 Å². The van der Waals surface area contributed by atoms with Crippen LogP contribution in [0.1, 0.15) is 20.8 Å². The first-order valence-corrected chi connectivity index (χ1v) is 7.90. The number of pyridine rings is 2. The monoisotopic (exact) mass is 355 g/mol. The standard InChI is InChI=1S/C17H18FN7O/c1-17(2,3)25-16(26)24-14-12(18)8-10-9-20-15(23-13(10)22-14)21-11-4-6-19-7-5-11/h4-9H,1-3H3,(H3,19,20,21,22,23,24,25,26). The Labute approximate surface area is 149 Å². The van der Waals surface area contributed by atoms with Crippen molar-refractivity contribution in [3.63, 3.8) is 0 Å². The van der Waals surface area contributed by atoms with Gasteiger partial charge in [0, 0.05) is 35.2 Å². The lowest BCUT2D eigenvalue weighted by molar-refractivity contribution is 0.243. The number of nitrogens with one attached hydrogen (secondary N) is 3. The van der Waals surface area contributed by atoms with Crippen LogP contribution in [-0.4, -0.2) is 31.5 Å². The van der Waals surface area contributed by atoms with Gasteiger partial charge in [-0.05, 0) is 39.0 Å². The van der Waals surface area contributed by atoms with Crippen molar-refractivity contribution >= 4 is 34.5 Å². The molecule has 0 bridgehead atoms. The summed E-state index contributed by atoms with van der Waals surface area (Å²) in [4.78, 5) is 28.4. The lowest BCUT2D eigenvalue weighted by atomic mass is 10.1. The van der Waals surface area contributed by atoms with E-state index in [-0.39, 0.29) is 11.5 Å². The summed E-state index contributed by atoms with van der Waals surface area (Å²) in [6.45, 7) is 5.46. The first kappa shape index (κ1) is 17.5. The van der Waals surface area contributed by atoms with Gasteiger partial charge >= 0.3 is 6.03 Å². The minimum absolute atomic E-state index is 0.201. The molecule has 26 heavy (non-hydrogen) atoms. The molecular formula is C17H18FN7O. The summed E-state index contributed by atoms with van der Waals surface area (Å²) in [5.41, 5.74) is 0.551. The van der Waals surface area contributed by atoms with Crippen LogP contribution in [0.2, 0.25) is 0 Å². The molecule has 0 aliphatic carbocycles. The summed E-state index contributed by atoms with van der Waals surface area (Å²) >= 11 is 0. The molecule has 9 heteroatoms. The highest BCUT2D eigenvalue weighted by Gasteiger charge is 2.16. The normalized spacial score (nSPS) is 11.2. The highest BCUT2D eigenvalue weighted by molar-refractivity contribution is 5.90. The molecule has 0 saturated carbocycles. The lowest BCUT2D eigenvalue weighted by Crippen LogP contribution is -2.43. The van der Waals surface area contributed by atoms with Gasteiger partial charge in [0.2, 0.25) is 5.95 Å². The third kappa shape index (κ3) is 4.38. The number of hydrogen-bond acceptors (Lipinski definition) is 6. The molecule has 3 aromatic heterocycles. The van der Waals surface area contributed by atoms with Gasteiger partial charge in [-0.15, -0.1) is 0 Å². The van der Waals surface area contributed by atoms with E-state index in [1.54, 1.807) is 24.5 Å². The van der Waals surface area contributed by atoms with Crippen LogP contribution in [-0.2, 0) is 0 Å². The van der Waals surface area contributed by atoms with Crippen molar-refractivity contribution in [3.05, 3.63) is 42.6 Å². The van der Waals surface area contributed by atoms with Gasteiger partial charge in [-0.25, -0.2) is 19.2 Å². The highest BCUT2D eigenvalue weighted by Crippen LogP contribution is 2.20. The summed E-state index contributed by atoms with van der Waals surface area (Å²) in [7, 11) is 0. The molecule has 0 aliphatic heterocycles. The number of amides is 2. The summed E-state index contributed by atoms with van der Waals surface area (Å²) in [5.74, 6) is -0.569. The Morgan fingerprint density at radius 1 is 1.15 bits per heavy atom. The second-order valence-corrected chi connectivity index (χ2v) is 6.62. The number of urea groups is 1. The maximum Gasteiger partial charge on any atom is 0.320 e. The fraction of sp³-hybridized carbons (Fsp3) is 0.235. The van der Waals surface area contributed by atoms with Gasteiger partial charge in [-0.2, -0.15) is 4.98 Å². The predicted molar refractivity (Wildman–Crippen MR) is 96.7 cm³/mol. The summed E-state index contributed by atoms with van der Waals surface area (Å²) in [6, 6.07) is 4.20. The van der Waals surface area contributed by atoms with Crippen molar-refractivity contribution in [1.82, 2.24) is 25.3 Å². The number of anilines is 3. The Bertz CT molecular complexity index is 941. The minimum Gasteiger partial charge on any atom is -0.333 e. The molecule has 3 aromatic rings. The number of halogens is 1. The smallest absolute Gasteiger partial charge is 0.320 e. The van der Waals surface area contributed by atoms with Crippen LogP contribution in [0, 0.1) is 5.82 Å². The molecule has 8 nitrogen and oxygen atoms in total. The molecule has 0 aliphatic rings. The number of hydrogen-bond donors (Lipinski definition) is 3. The Morgan fingerprint density at radius 2 is 1.88 bits per heavy atom. The van der Waals surface area contributed by atoms with Gasteiger partial charge in [0.1, 0.15) is 0 Å². The van der Waals surface area contributed by atoms with Crippen LogP contribution in [0.25, 0.3) is 11.0 Å². The fourth-order valence-corrected chi connectivity index (χ4v) is 2.13. The fourth-order valence-electron chi connectivity index (χ4n) is 2.13. The van der Waals surface area contributed by atoms with Crippen molar-refractivity contribution in [2.24, 2.45) is 0 Å².